The first-order valence-corrected chi connectivity index (χ1v) is 10.2. The normalized spacial score (nSPS) is 11.4. The molecule has 0 aliphatic carbocycles. The van der Waals surface area contributed by atoms with E-state index in [-0.39, 0.29) is 0 Å². The summed E-state index contributed by atoms with van der Waals surface area (Å²) in [6.45, 7) is 2.06. The van der Waals surface area contributed by atoms with Crippen molar-refractivity contribution >= 4 is 38.6 Å². The molecule has 4 aromatic heterocycles. The van der Waals surface area contributed by atoms with Gasteiger partial charge < -0.3 is 8.94 Å². The van der Waals surface area contributed by atoms with Gasteiger partial charge in [-0.2, -0.15) is 4.98 Å². The number of hydrogen-bond donors (Lipinski definition) is 0. The Morgan fingerprint density at radius 3 is 2.80 bits per heavy atom. The number of furan rings is 1. The van der Waals surface area contributed by atoms with Crippen LogP contribution in [0.3, 0.4) is 0 Å². The Morgan fingerprint density at radius 1 is 1.12 bits per heavy atom. The summed E-state index contributed by atoms with van der Waals surface area (Å²) < 4.78 is 12.0. The second-order valence-corrected chi connectivity index (χ2v) is 8.30. The summed E-state index contributed by atoms with van der Waals surface area (Å²) in [7, 11) is 0. The van der Waals surface area contributed by atoms with E-state index in [1.165, 1.54) is 4.88 Å². The van der Waals surface area contributed by atoms with Gasteiger partial charge in [-0.05, 0) is 45.6 Å². The Bertz CT molecular complexity index is 879. The van der Waals surface area contributed by atoms with E-state index in [1.807, 2.05) is 23.6 Å². The van der Waals surface area contributed by atoms with E-state index in [0.29, 0.717) is 24.8 Å². The van der Waals surface area contributed by atoms with Crippen molar-refractivity contribution in [2.45, 2.75) is 19.6 Å². The van der Waals surface area contributed by atoms with Crippen LogP contribution in [0.2, 0.25) is 0 Å². The van der Waals surface area contributed by atoms with Crippen molar-refractivity contribution in [1.82, 2.24) is 15.0 Å². The molecule has 0 saturated carbocycles. The standard InChI is InChI=1S/C17H14BrN3O2S2/c18-12-7-15(25-11-12)17-19-16(23-20-17)10-21(8-13-3-1-5-22-13)9-14-4-2-6-24-14/h1-7,11H,8-10H2. The van der Waals surface area contributed by atoms with Gasteiger partial charge in [0.15, 0.2) is 0 Å². The lowest BCUT2D eigenvalue weighted by atomic mass is 10.3. The van der Waals surface area contributed by atoms with E-state index in [0.717, 1.165) is 21.7 Å². The molecule has 0 spiro atoms. The van der Waals surface area contributed by atoms with Crippen molar-refractivity contribution in [3.63, 3.8) is 0 Å². The van der Waals surface area contributed by atoms with Gasteiger partial charge in [-0.25, -0.2) is 0 Å². The van der Waals surface area contributed by atoms with Crippen LogP contribution in [0.5, 0.6) is 0 Å². The molecule has 4 aromatic rings. The summed E-state index contributed by atoms with van der Waals surface area (Å²) in [4.78, 5) is 9.03. The molecule has 0 bridgehead atoms. The Hall–Kier alpha value is -1.74. The number of thiophene rings is 2. The Labute approximate surface area is 161 Å². The predicted octanol–water partition coefficient (Wildman–Crippen LogP) is 5.42. The Morgan fingerprint density at radius 2 is 2.08 bits per heavy atom. The molecule has 0 unspecified atom stereocenters. The van der Waals surface area contributed by atoms with E-state index in [9.17, 15) is 0 Å². The number of rotatable bonds is 7. The van der Waals surface area contributed by atoms with E-state index < -0.39 is 0 Å². The molecule has 4 heterocycles. The van der Waals surface area contributed by atoms with Gasteiger partial charge in [-0.15, -0.1) is 22.7 Å². The van der Waals surface area contributed by atoms with Gasteiger partial charge in [0.1, 0.15) is 5.76 Å². The molecule has 25 heavy (non-hydrogen) atoms. The van der Waals surface area contributed by atoms with Gasteiger partial charge in [-0.3, -0.25) is 4.90 Å². The van der Waals surface area contributed by atoms with Crippen molar-refractivity contribution in [2.75, 3.05) is 0 Å². The van der Waals surface area contributed by atoms with Gasteiger partial charge >= 0.3 is 0 Å². The zero-order chi connectivity index (χ0) is 17.1. The molecule has 0 aromatic carbocycles. The number of nitrogens with zero attached hydrogens (tertiary/aromatic N) is 3. The van der Waals surface area contributed by atoms with Crippen LogP contribution in [-0.4, -0.2) is 15.0 Å². The Balaban J connectivity index is 1.50. The molecule has 0 N–H and O–H groups in total. The number of halogens is 1. The lowest BCUT2D eigenvalue weighted by Gasteiger charge is -2.18. The lowest BCUT2D eigenvalue weighted by molar-refractivity contribution is 0.198. The van der Waals surface area contributed by atoms with Crippen molar-refractivity contribution < 1.29 is 8.94 Å². The molecule has 0 aliphatic heterocycles. The first-order valence-electron chi connectivity index (χ1n) is 7.60. The number of aromatic nitrogens is 2. The summed E-state index contributed by atoms with van der Waals surface area (Å²) in [6, 6.07) is 10.1. The maximum Gasteiger partial charge on any atom is 0.241 e. The maximum absolute atomic E-state index is 5.49. The summed E-state index contributed by atoms with van der Waals surface area (Å²) >= 11 is 6.77. The van der Waals surface area contributed by atoms with Crippen LogP contribution in [0.25, 0.3) is 10.7 Å². The van der Waals surface area contributed by atoms with E-state index >= 15 is 0 Å². The minimum Gasteiger partial charge on any atom is -0.468 e. The van der Waals surface area contributed by atoms with Crippen LogP contribution in [0.4, 0.5) is 0 Å². The summed E-state index contributed by atoms with van der Waals surface area (Å²) in [5.41, 5.74) is 0. The molecule has 0 atom stereocenters. The van der Waals surface area contributed by atoms with E-state index in [4.69, 9.17) is 8.94 Å². The monoisotopic (exact) mass is 435 g/mol. The topological polar surface area (TPSA) is 55.3 Å². The molecule has 128 valence electrons. The highest BCUT2D eigenvalue weighted by atomic mass is 79.9. The first-order chi connectivity index (χ1) is 12.3. The molecule has 0 fully saturated rings. The van der Waals surface area contributed by atoms with Gasteiger partial charge in [-0.1, -0.05) is 11.2 Å². The van der Waals surface area contributed by atoms with Crippen molar-refractivity contribution in [1.29, 1.82) is 0 Å². The van der Waals surface area contributed by atoms with Crippen molar-refractivity contribution in [3.05, 3.63) is 68.4 Å². The average Bonchev–Trinajstić information content (AvgIpc) is 3.34. The summed E-state index contributed by atoms with van der Waals surface area (Å²) in [5.74, 6) is 2.14. The Kier molecular flexibility index (Phi) is 5.12. The summed E-state index contributed by atoms with van der Waals surface area (Å²) in [5, 5.41) is 8.19. The highest BCUT2D eigenvalue weighted by Gasteiger charge is 2.16. The van der Waals surface area contributed by atoms with E-state index in [2.05, 4.69) is 48.5 Å². The molecular formula is C17H14BrN3O2S2. The van der Waals surface area contributed by atoms with Gasteiger partial charge in [0, 0.05) is 21.3 Å². The maximum atomic E-state index is 5.49. The zero-order valence-corrected chi connectivity index (χ0v) is 16.3. The fourth-order valence-electron chi connectivity index (χ4n) is 2.45. The molecule has 8 heteroatoms. The van der Waals surface area contributed by atoms with E-state index in [1.54, 1.807) is 28.9 Å². The quantitative estimate of drug-likeness (QED) is 0.387. The third-order valence-electron chi connectivity index (χ3n) is 3.53. The first kappa shape index (κ1) is 16.7. The van der Waals surface area contributed by atoms with Crippen LogP contribution in [0, 0.1) is 0 Å². The van der Waals surface area contributed by atoms with Crippen LogP contribution >= 0.6 is 38.6 Å². The van der Waals surface area contributed by atoms with Crippen LogP contribution in [0.15, 0.2) is 60.8 Å². The highest BCUT2D eigenvalue weighted by Crippen LogP contribution is 2.28. The fraction of sp³-hybridized carbons (Fsp3) is 0.176. The van der Waals surface area contributed by atoms with Gasteiger partial charge in [0.2, 0.25) is 11.7 Å². The van der Waals surface area contributed by atoms with Crippen LogP contribution in [0.1, 0.15) is 16.5 Å². The largest absolute Gasteiger partial charge is 0.468 e. The molecule has 0 saturated heterocycles. The molecule has 0 amide bonds. The minimum absolute atomic E-state index is 0.568. The van der Waals surface area contributed by atoms with Crippen molar-refractivity contribution in [3.8, 4) is 10.7 Å². The number of hydrogen-bond acceptors (Lipinski definition) is 7. The fourth-order valence-corrected chi connectivity index (χ4v) is 4.55. The third kappa shape index (κ3) is 4.27. The van der Waals surface area contributed by atoms with Crippen molar-refractivity contribution in [2.24, 2.45) is 0 Å². The summed E-state index contributed by atoms with van der Waals surface area (Å²) in [6.07, 6.45) is 1.69. The minimum atomic E-state index is 0.568. The van der Waals surface area contributed by atoms with Crippen LogP contribution < -0.4 is 0 Å². The second-order valence-electron chi connectivity index (χ2n) is 5.44. The van der Waals surface area contributed by atoms with Gasteiger partial charge in [0.05, 0.1) is 24.2 Å². The molecule has 4 rings (SSSR count). The molecule has 0 radical (unpaired) electrons. The third-order valence-corrected chi connectivity index (χ3v) is 6.08. The highest BCUT2D eigenvalue weighted by molar-refractivity contribution is 9.10. The SMILES string of the molecule is Brc1csc(-c2noc(CN(Cc3ccco3)Cc3cccs3)n2)c1. The molecule has 5 nitrogen and oxygen atoms in total. The molecular weight excluding hydrogens is 422 g/mol. The predicted molar refractivity (Wildman–Crippen MR) is 101 cm³/mol. The van der Waals surface area contributed by atoms with Gasteiger partial charge in [0.25, 0.3) is 0 Å². The van der Waals surface area contributed by atoms with Crippen LogP contribution in [-0.2, 0) is 19.6 Å². The molecule has 0 aliphatic rings. The smallest absolute Gasteiger partial charge is 0.241 e. The second kappa shape index (κ2) is 7.65. The zero-order valence-electron chi connectivity index (χ0n) is 13.1. The average molecular weight is 436 g/mol. The lowest BCUT2D eigenvalue weighted by Crippen LogP contribution is -2.21.